The fraction of sp³-hybridized carbons (Fsp3) is 0.368. The third-order valence-corrected chi connectivity index (χ3v) is 5.38. The molecule has 0 aliphatic carbocycles. The van der Waals surface area contributed by atoms with E-state index in [1.165, 1.54) is 4.88 Å². The van der Waals surface area contributed by atoms with Crippen molar-refractivity contribution in [3.8, 4) is 0 Å². The zero-order chi connectivity index (χ0) is 18.4. The predicted molar refractivity (Wildman–Crippen MR) is 103 cm³/mol. The van der Waals surface area contributed by atoms with Gasteiger partial charge in [-0.15, -0.1) is 11.3 Å². The number of rotatable bonds is 7. The van der Waals surface area contributed by atoms with Crippen molar-refractivity contribution < 1.29 is 9.59 Å². The highest BCUT2D eigenvalue weighted by Crippen LogP contribution is 2.22. The van der Waals surface area contributed by atoms with Crippen molar-refractivity contribution in [2.75, 3.05) is 25.5 Å². The molecule has 5 nitrogen and oxygen atoms in total. The molecule has 25 heavy (non-hydrogen) atoms. The van der Waals surface area contributed by atoms with Crippen LogP contribution < -0.4 is 10.6 Å². The van der Waals surface area contributed by atoms with E-state index in [9.17, 15) is 9.59 Å². The number of benzene rings is 1. The van der Waals surface area contributed by atoms with Gasteiger partial charge in [0.2, 0.25) is 11.8 Å². The van der Waals surface area contributed by atoms with Crippen LogP contribution in [0, 0.1) is 13.8 Å². The molecule has 2 rings (SSSR count). The molecule has 2 amide bonds. The first-order valence-corrected chi connectivity index (χ1v) is 9.13. The number of nitrogens with one attached hydrogen (secondary N) is 2. The SMILES string of the molecule is Cc1cccc(NC(=O)CNC(=O)CN(C)C(C)c2cccs2)c1C. The zero-order valence-electron chi connectivity index (χ0n) is 15.1. The van der Waals surface area contributed by atoms with E-state index in [0.29, 0.717) is 0 Å². The number of likely N-dealkylation sites (N-methyl/N-ethyl adjacent to an activating group) is 1. The summed E-state index contributed by atoms with van der Waals surface area (Å²) in [4.78, 5) is 27.3. The molecule has 0 bridgehead atoms. The lowest BCUT2D eigenvalue weighted by Gasteiger charge is -2.23. The van der Waals surface area contributed by atoms with E-state index in [1.807, 2.05) is 55.4 Å². The number of thiophene rings is 1. The van der Waals surface area contributed by atoms with E-state index in [-0.39, 0.29) is 30.9 Å². The van der Waals surface area contributed by atoms with Gasteiger partial charge in [-0.25, -0.2) is 0 Å². The third-order valence-electron chi connectivity index (χ3n) is 4.33. The quantitative estimate of drug-likeness (QED) is 0.798. The Labute approximate surface area is 153 Å². The average Bonchev–Trinajstić information content (AvgIpc) is 3.11. The van der Waals surface area contributed by atoms with Crippen LogP contribution in [-0.4, -0.2) is 36.9 Å². The van der Waals surface area contributed by atoms with Crippen molar-refractivity contribution in [1.82, 2.24) is 10.2 Å². The Morgan fingerprint density at radius 1 is 1.16 bits per heavy atom. The van der Waals surface area contributed by atoms with Crippen molar-refractivity contribution in [2.45, 2.75) is 26.8 Å². The maximum Gasteiger partial charge on any atom is 0.243 e. The lowest BCUT2D eigenvalue weighted by Crippen LogP contribution is -2.39. The highest BCUT2D eigenvalue weighted by Gasteiger charge is 2.16. The summed E-state index contributed by atoms with van der Waals surface area (Å²) < 4.78 is 0. The molecule has 2 aromatic rings. The average molecular weight is 359 g/mol. The number of carbonyl (C=O) groups excluding carboxylic acids is 2. The molecule has 0 spiro atoms. The van der Waals surface area contributed by atoms with Crippen LogP contribution in [-0.2, 0) is 9.59 Å². The van der Waals surface area contributed by atoms with E-state index in [1.54, 1.807) is 11.3 Å². The molecular weight excluding hydrogens is 334 g/mol. The van der Waals surface area contributed by atoms with Gasteiger partial charge in [-0.2, -0.15) is 0 Å². The summed E-state index contributed by atoms with van der Waals surface area (Å²) in [5, 5.41) is 7.54. The second kappa shape index (κ2) is 8.78. The van der Waals surface area contributed by atoms with Crippen molar-refractivity contribution in [3.63, 3.8) is 0 Å². The third kappa shape index (κ3) is 5.41. The number of nitrogens with zero attached hydrogens (tertiary/aromatic N) is 1. The predicted octanol–water partition coefficient (Wildman–Crippen LogP) is 3.11. The number of aryl methyl sites for hydroxylation is 1. The fourth-order valence-electron chi connectivity index (χ4n) is 2.43. The zero-order valence-corrected chi connectivity index (χ0v) is 15.9. The first-order chi connectivity index (χ1) is 11.9. The maximum absolute atomic E-state index is 12.1. The molecule has 1 aromatic heterocycles. The van der Waals surface area contributed by atoms with Gasteiger partial charge in [0.25, 0.3) is 0 Å². The molecule has 1 heterocycles. The first-order valence-electron chi connectivity index (χ1n) is 8.25. The summed E-state index contributed by atoms with van der Waals surface area (Å²) in [6, 6.07) is 9.98. The van der Waals surface area contributed by atoms with Gasteiger partial charge in [-0.1, -0.05) is 18.2 Å². The van der Waals surface area contributed by atoms with Crippen LogP contribution in [0.4, 0.5) is 5.69 Å². The highest BCUT2D eigenvalue weighted by molar-refractivity contribution is 7.10. The molecule has 1 atom stereocenters. The van der Waals surface area contributed by atoms with Crippen LogP contribution in [0.5, 0.6) is 0 Å². The lowest BCUT2D eigenvalue weighted by molar-refractivity contribution is -0.125. The van der Waals surface area contributed by atoms with Crippen LogP contribution in [0.25, 0.3) is 0 Å². The summed E-state index contributed by atoms with van der Waals surface area (Å²) in [6.45, 7) is 6.23. The van der Waals surface area contributed by atoms with E-state index in [0.717, 1.165) is 16.8 Å². The smallest absolute Gasteiger partial charge is 0.243 e. The Morgan fingerprint density at radius 2 is 1.92 bits per heavy atom. The topological polar surface area (TPSA) is 61.4 Å². The van der Waals surface area contributed by atoms with Crippen molar-refractivity contribution in [3.05, 3.63) is 51.7 Å². The van der Waals surface area contributed by atoms with E-state index < -0.39 is 0 Å². The summed E-state index contributed by atoms with van der Waals surface area (Å²) in [7, 11) is 1.90. The molecule has 1 aromatic carbocycles. The molecule has 0 saturated heterocycles. The normalized spacial score (nSPS) is 12.0. The second-order valence-electron chi connectivity index (χ2n) is 6.18. The maximum atomic E-state index is 12.1. The number of hydrogen-bond acceptors (Lipinski definition) is 4. The molecule has 6 heteroatoms. The first kappa shape index (κ1) is 19.1. The van der Waals surface area contributed by atoms with Crippen LogP contribution in [0.15, 0.2) is 35.7 Å². The minimum Gasteiger partial charge on any atom is -0.346 e. The van der Waals surface area contributed by atoms with E-state index in [4.69, 9.17) is 0 Å². The van der Waals surface area contributed by atoms with Gasteiger partial charge in [-0.05, 0) is 56.5 Å². The minimum atomic E-state index is -0.226. The second-order valence-corrected chi connectivity index (χ2v) is 7.16. The molecule has 1 unspecified atom stereocenters. The highest BCUT2D eigenvalue weighted by atomic mass is 32.1. The molecular formula is C19H25N3O2S. The molecule has 134 valence electrons. The molecule has 0 aliphatic heterocycles. The molecule has 0 fully saturated rings. The number of hydrogen-bond donors (Lipinski definition) is 2. The Bertz CT molecular complexity index is 728. The van der Waals surface area contributed by atoms with E-state index in [2.05, 4.69) is 23.6 Å². The summed E-state index contributed by atoms with van der Waals surface area (Å²) in [6.07, 6.45) is 0. The molecule has 0 radical (unpaired) electrons. The Kier molecular flexibility index (Phi) is 6.73. The minimum absolute atomic E-state index is 0.0343. The fourth-order valence-corrected chi connectivity index (χ4v) is 3.27. The van der Waals surface area contributed by atoms with E-state index >= 15 is 0 Å². The lowest BCUT2D eigenvalue weighted by atomic mass is 10.1. The summed E-state index contributed by atoms with van der Waals surface area (Å²) in [5.41, 5.74) is 2.93. The van der Waals surface area contributed by atoms with Crippen LogP contribution in [0.3, 0.4) is 0 Å². The molecule has 0 saturated carbocycles. The van der Waals surface area contributed by atoms with Crippen LogP contribution >= 0.6 is 11.3 Å². The number of amides is 2. The number of carbonyl (C=O) groups is 2. The van der Waals surface area contributed by atoms with Gasteiger partial charge >= 0.3 is 0 Å². The standard InChI is InChI=1S/C19H25N3O2S/c1-13-7-5-8-16(14(13)2)21-18(23)11-20-19(24)12-22(4)15(3)17-9-6-10-25-17/h5-10,15H,11-12H2,1-4H3,(H,20,24)(H,21,23). The van der Waals surface area contributed by atoms with Crippen molar-refractivity contribution in [2.24, 2.45) is 0 Å². The Hall–Kier alpha value is -2.18. The monoisotopic (exact) mass is 359 g/mol. The Morgan fingerprint density at radius 3 is 2.60 bits per heavy atom. The van der Waals surface area contributed by atoms with Crippen LogP contribution in [0.2, 0.25) is 0 Å². The largest absolute Gasteiger partial charge is 0.346 e. The van der Waals surface area contributed by atoms with Crippen molar-refractivity contribution in [1.29, 1.82) is 0 Å². The van der Waals surface area contributed by atoms with Gasteiger partial charge in [0, 0.05) is 16.6 Å². The number of anilines is 1. The molecule has 0 aliphatic rings. The van der Waals surface area contributed by atoms with Crippen molar-refractivity contribution >= 4 is 28.8 Å². The molecule has 2 N–H and O–H groups in total. The van der Waals surface area contributed by atoms with Gasteiger partial charge in [0.1, 0.15) is 0 Å². The van der Waals surface area contributed by atoms with Gasteiger partial charge in [0.05, 0.1) is 13.1 Å². The van der Waals surface area contributed by atoms with Crippen LogP contribution in [0.1, 0.15) is 29.0 Å². The Balaban J connectivity index is 1.79. The van der Waals surface area contributed by atoms with Gasteiger partial charge in [-0.3, -0.25) is 14.5 Å². The van der Waals surface area contributed by atoms with Gasteiger partial charge in [0.15, 0.2) is 0 Å². The summed E-state index contributed by atoms with van der Waals surface area (Å²) >= 11 is 1.67. The summed E-state index contributed by atoms with van der Waals surface area (Å²) in [5.74, 6) is -0.391. The van der Waals surface area contributed by atoms with Gasteiger partial charge < -0.3 is 10.6 Å².